The number of nitriles is 1. The van der Waals surface area contributed by atoms with Gasteiger partial charge < -0.3 is 22.7 Å². The van der Waals surface area contributed by atoms with Gasteiger partial charge in [-0.15, -0.1) is 0 Å². The molecule has 28 heavy (non-hydrogen) atoms. The number of furan rings is 3. The number of ether oxygens (including phenoxy) is 2. The molecule has 7 nitrogen and oxygen atoms in total. The van der Waals surface area contributed by atoms with Crippen molar-refractivity contribution >= 4 is 12.1 Å². The molecule has 0 unspecified atom stereocenters. The van der Waals surface area contributed by atoms with Crippen molar-refractivity contribution in [2.45, 2.75) is 0 Å². The average molecular weight is 372 g/mol. The summed E-state index contributed by atoms with van der Waals surface area (Å²) in [6, 6.07) is 14.6. The molecular formula is C21H12N2O5. The predicted octanol–water partition coefficient (Wildman–Crippen LogP) is 5.15. The Morgan fingerprint density at radius 1 is 0.964 bits per heavy atom. The minimum Gasteiger partial charge on any atom is -0.464 e. The van der Waals surface area contributed by atoms with Crippen LogP contribution < -0.4 is 9.47 Å². The van der Waals surface area contributed by atoms with Crippen molar-refractivity contribution < 1.29 is 22.7 Å². The average Bonchev–Trinajstić information content (AvgIpc) is 3.51. The standard InChI is InChI=1S/C21H12N2O5/c22-10-14-19(16-3-1-7-24-16)20(17-4-2-8-25-17)28-21(14)23-11-13-5-6-15-18(9-13)27-12-26-15/h1-9,11H,12H2. The molecule has 0 fully saturated rings. The highest BCUT2D eigenvalue weighted by Crippen LogP contribution is 2.43. The normalized spacial score (nSPS) is 12.5. The van der Waals surface area contributed by atoms with Gasteiger partial charge in [0.15, 0.2) is 23.0 Å². The number of nitrogens with zero attached hydrogens (tertiary/aromatic N) is 2. The van der Waals surface area contributed by atoms with Gasteiger partial charge in [0.25, 0.3) is 0 Å². The molecule has 1 aliphatic rings. The van der Waals surface area contributed by atoms with Crippen LogP contribution in [0.15, 0.2) is 73.2 Å². The van der Waals surface area contributed by atoms with Crippen LogP contribution in [0, 0.1) is 11.3 Å². The number of aliphatic imine (C=N–C) groups is 1. The Morgan fingerprint density at radius 3 is 2.50 bits per heavy atom. The third-order valence-corrected chi connectivity index (χ3v) is 4.24. The first-order valence-corrected chi connectivity index (χ1v) is 8.42. The Kier molecular flexibility index (Phi) is 3.73. The third-order valence-electron chi connectivity index (χ3n) is 4.24. The zero-order valence-electron chi connectivity index (χ0n) is 14.4. The lowest BCUT2D eigenvalue weighted by Gasteiger charge is -1.96. The molecule has 1 aromatic carbocycles. The van der Waals surface area contributed by atoms with E-state index in [1.807, 2.05) is 12.1 Å². The summed E-state index contributed by atoms with van der Waals surface area (Å²) in [6.45, 7) is 0.200. The number of hydrogen-bond donors (Lipinski definition) is 0. The molecule has 7 heteroatoms. The van der Waals surface area contributed by atoms with Gasteiger partial charge in [-0.25, -0.2) is 4.99 Å². The summed E-state index contributed by atoms with van der Waals surface area (Å²) in [4.78, 5) is 4.38. The minimum absolute atomic E-state index is 0.165. The molecule has 0 spiro atoms. The van der Waals surface area contributed by atoms with Gasteiger partial charge in [0.05, 0.1) is 18.1 Å². The van der Waals surface area contributed by atoms with Crippen molar-refractivity contribution in [1.29, 1.82) is 5.26 Å². The fourth-order valence-electron chi connectivity index (χ4n) is 2.98. The van der Waals surface area contributed by atoms with Gasteiger partial charge in [-0.1, -0.05) is 0 Å². The van der Waals surface area contributed by atoms with Gasteiger partial charge in [-0.3, -0.25) is 0 Å². The van der Waals surface area contributed by atoms with E-state index in [9.17, 15) is 5.26 Å². The molecule has 136 valence electrons. The van der Waals surface area contributed by atoms with E-state index >= 15 is 0 Å². The summed E-state index contributed by atoms with van der Waals surface area (Å²) in [5.74, 6) is 2.86. The molecule has 3 aromatic heterocycles. The van der Waals surface area contributed by atoms with Gasteiger partial charge in [0.1, 0.15) is 17.4 Å². The maximum atomic E-state index is 9.74. The van der Waals surface area contributed by atoms with E-state index in [0.29, 0.717) is 34.3 Å². The van der Waals surface area contributed by atoms with Crippen LogP contribution in [0.2, 0.25) is 0 Å². The predicted molar refractivity (Wildman–Crippen MR) is 98.6 cm³/mol. The molecule has 0 saturated heterocycles. The summed E-state index contributed by atoms with van der Waals surface area (Å²) >= 11 is 0. The third kappa shape index (κ3) is 2.64. The second kappa shape index (κ2) is 6.52. The second-order valence-corrected chi connectivity index (χ2v) is 5.92. The van der Waals surface area contributed by atoms with Gasteiger partial charge >= 0.3 is 0 Å². The van der Waals surface area contributed by atoms with Gasteiger partial charge in [-0.2, -0.15) is 5.26 Å². The monoisotopic (exact) mass is 372 g/mol. The molecule has 4 heterocycles. The Labute approximate surface area is 159 Å². The molecule has 0 atom stereocenters. The van der Waals surface area contributed by atoms with Gasteiger partial charge in [0, 0.05) is 6.21 Å². The highest BCUT2D eigenvalue weighted by Gasteiger charge is 2.26. The first-order valence-electron chi connectivity index (χ1n) is 8.42. The van der Waals surface area contributed by atoms with Crippen LogP contribution in [0.4, 0.5) is 5.88 Å². The van der Waals surface area contributed by atoms with Gasteiger partial charge in [0.2, 0.25) is 12.7 Å². The summed E-state index contributed by atoms with van der Waals surface area (Å²) < 4.78 is 27.5. The minimum atomic E-state index is 0.165. The van der Waals surface area contributed by atoms with E-state index < -0.39 is 0 Å². The molecule has 0 N–H and O–H groups in total. The van der Waals surface area contributed by atoms with Crippen molar-refractivity contribution in [3.8, 4) is 40.4 Å². The molecule has 0 radical (unpaired) electrons. The fraction of sp³-hybridized carbons (Fsp3) is 0.0476. The topological polar surface area (TPSA) is 94.0 Å². The van der Waals surface area contributed by atoms with Crippen molar-refractivity contribution in [2.24, 2.45) is 4.99 Å². The zero-order valence-corrected chi connectivity index (χ0v) is 14.4. The lowest BCUT2D eigenvalue weighted by Crippen LogP contribution is -1.92. The zero-order chi connectivity index (χ0) is 18.9. The highest BCUT2D eigenvalue weighted by atomic mass is 16.7. The first-order chi connectivity index (χ1) is 13.8. The Morgan fingerprint density at radius 2 is 1.75 bits per heavy atom. The van der Waals surface area contributed by atoms with E-state index in [1.54, 1.807) is 36.5 Å². The lowest BCUT2D eigenvalue weighted by atomic mass is 10.1. The number of hydrogen-bond acceptors (Lipinski definition) is 7. The molecule has 5 rings (SSSR count). The van der Waals surface area contributed by atoms with Crippen LogP contribution in [0.1, 0.15) is 11.1 Å². The summed E-state index contributed by atoms with van der Waals surface area (Å²) in [5, 5.41) is 9.74. The molecule has 0 aliphatic carbocycles. The molecular weight excluding hydrogens is 360 g/mol. The molecule has 4 aromatic rings. The van der Waals surface area contributed by atoms with E-state index in [1.165, 1.54) is 12.5 Å². The van der Waals surface area contributed by atoms with Crippen molar-refractivity contribution in [2.75, 3.05) is 6.79 Å². The van der Waals surface area contributed by atoms with Crippen LogP contribution in [0.3, 0.4) is 0 Å². The van der Waals surface area contributed by atoms with E-state index in [2.05, 4.69) is 11.1 Å². The number of rotatable bonds is 4. The first kappa shape index (κ1) is 16.0. The van der Waals surface area contributed by atoms with Crippen LogP contribution in [0.25, 0.3) is 22.8 Å². The van der Waals surface area contributed by atoms with Crippen molar-refractivity contribution in [3.63, 3.8) is 0 Å². The largest absolute Gasteiger partial charge is 0.464 e. The smallest absolute Gasteiger partial charge is 0.238 e. The highest BCUT2D eigenvalue weighted by molar-refractivity contribution is 5.88. The molecule has 1 aliphatic heterocycles. The number of fused-ring (bicyclic) bond motifs is 1. The quantitative estimate of drug-likeness (QED) is 0.460. The Hall–Kier alpha value is -4.18. The van der Waals surface area contributed by atoms with E-state index in [-0.39, 0.29) is 18.2 Å². The summed E-state index contributed by atoms with van der Waals surface area (Å²) in [6.07, 6.45) is 4.66. The van der Waals surface area contributed by atoms with E-state index in [0.717, 1.165) is 5.56 Å². The van der Waals surface area contributed by atoms with Crippen LogP contribution >= 0.6 is 0 Å². The Bertz CT molecular complexity index is 1190. The fourth-order valence-corrected chi connectivity index (χ4v) is 2.98. The molecule has 0 bridgehead atoms. The van der Waals surface area contributed by atoms with E-state index in [4.69, 9.17) is 22.7 Å². The van der Waals surface area contributed by atoms with Crippen molar-refractivity contribution in [3.05, 3.63) is 66.1 Å². The van der Waals surface area contributed by atoms with Crippen molar-refractivity contribution in [1.82, 2.24) is 0 Å². The Balaban J connectivity index is 1.60. The maximum absolute atomic E-state index is 9.74. The SMILES string of the molecule is N#Cc1c(N=Cc2ccc3c(c2)OCO3)oc(-c2ccco2)c1-c1ccco1. The second-order valence-electron chi connectivity index (χ2n) is 5.92. The molecule has 0 amide bonds. The lowest BCUT2D eigenvalue weighted by molar-refractivity contribution is 0.174. The van der Waals surface area contributed by atoms with Crippen LogP contribution in [-0.2, 0) is 0 Å². The molecule has 0 saturated carbocycles. The van der Waals surface area contributed by atoms with Crippen LogP contribution in [0.5, 0.6) is 11.5 Å². The maximum Gasteiger partial charge on any atom is 0.238 e. The summed E-state index contributed by atoms with van der Waals surface area (Å²) in [5.41, 5.74) is 1.54. The number of benzene rings is 1. The summed E-state index contributed by atoms with van der Waals surface area (Å²) in [7, 11) is 0. The van der Waals surface area contributed by atoms with Crippen LogP contribution in [-0.4, -0.2) is 13.0 Å². The van der Waals surface area contributed by atoms with Gasteiger partial charge in [-0.05, 0) is 48.0 Å².